The number of unbranched alkanes of at least 4 members (excludes halogenated alkanes) is 7. The van der Waals surface area contributed by atoms with Crippen LogP contribution in [0.1, 0.15) is 91.4 Å². The summed E-state index contributed by atoms with van der Waals surface area (Å²) in [6.07, 6.45) is 20.4. The summed E-state index contributed by atoms with van der Waals surface area (Å²) in [5.74, 6) is 0. The van der Waals surface area contributed by atoms with Gasteiger partial charge in [-0.05, 0) is 25.8 Å². The van der Waals surface area contributed by atoms with Crippen LogP contribution in [-0.2, 0) is 5.54 Å². The lowest BCUT2D eigenvalue weighted by atomic mass is 9.88. The van der Waals surface area contributed by atoms with Crippen molar-refractivity contribution in [1.29, 1.82) is 0 Å². The van der Waals surface area contributed by atoms with Crippen LogP contribution in [0, 0.1) is 0 Å². The summed E-state index contributed by atoms with van der Waals surface area (Å²) in [4.78, 5) is 4.21. The zero-order valence-corrected chi connectivity index (χ0v) is 15.9. The Bertz CT molecular complexity index is 557. The van der Waals surface area contributed by atoms with E-state index >= 15 is 0 Å². The van der Waals surface area contributed by atoms with Gasteiger partial charge in [0.1, 0.15) is 5.52 Å². The molecule has 0 aliphatic heterocycles. The van der Waals surface area contributed by atoms with E-state index in [0.717, 1.165) is 5.52 Å². The van der Waals surface area contributed by atoms with E-state index in [1.807, 2.05) is 12.4 Å². The van der Waals surface area contributed by atoms with Crippen molar-refractivity contribution in [3.05, 3.63) is 24.7 Å². The van der Waals surface area contributed by atoms with Gasteiger partial charge < -0.3 is 0 Å². The lowest BCUT2D eigenvalue weighted by Crippen LogP contribution is -2.30. The van der Waals surface area contributed by atoms with Gasteiger partial charge in [-0.15, -0.1) is 0 Å². The quantitative estimate of drug-likeness (QED) is 0.417. The highest BCUT2D eigenvalue weighted by atomic mass is 15.3. The molecule has 0 N–H and O–H groups in total. The lowest BCUT2D eigenvalue weighted by molar-refractivity contribution is 0.228. The third kappa shape index (κ3) is 5.32. The molecule has 0 fully saturated rings. The minimum absolute atomic E-state index is 0.138. The second-order valence-corrected chi connectivity index (χ2v) is 7.48. The molecular weight excluding hydrogens is 294 g/mol. The second-order valence-electron chi connectivity index (χ2n) is 7.48. The number of pyridine rings is 1. The largest absolute Gasteiger partial charge is 0.266 e. The Kier molecular flexibility index (Phi) is 7.74. The van der Waals surface area contributed by atoms with E-state index in [9.17, 15) is 0 Å². The van der Waals surface area contributed by atoms with Crippen molar-refractivity contribution in [3.63, 3.8) is 0 Å². The van der Waals surface area contributed by atoms with Crippen LogP contribution in [0.3, 0.4) is 0 Å². The molecule has 2 aromatic heterocycles. The van der Waals surface area contributed by atoms with Gasteiger partial charge in [0, 0.05) is 17.8 Å². The molecule has 1 atom stereocenters. The molecule has 0 amide bonds. The first-order valence-corrected chi connectivity index (χ1v) is 9.99. The maximum absolute atomic E-state index is 4.85. The van der Waals surface area contributed by atoms with Gasteiger partial charge in [0.05, 0.1) is 11.7 Å². The van der Waals surface area contributed by atoms with Gasteiger partial charge in [0.2, 0.25) is 0 Å². The van der Waals surface area contributed by atoms with E-state index in [0.29, 0.717) is 0 Å². The Labute approximate surface area is 147 Å². The fourth-order valence-electron chi connectivity index (χ4n) is 3.54. The Morgan fingerprint density at radius 2 is 1.54 bits per heavy atom. The highest BCUT2D eigenvalue weighted by Gasteiger charge is 2.26. The summed E-state index contributed by atoms with van der Waals surface area (Å²) in [6, 6.07) is 2.07. The number of fused-ring (bicyclic) bond motifs is 1. The van der Waals surface area contributed by atoms with Crippen LogP contribution in [0.25, 0.3) is 10.9 Å². The number of nitrogens with zero attached hydrogens (tertiary/aromatic N) is 3. The normalized spacial score (nSPS) is 14.1. The first kappa shape index (κ1) is 19.0. The lowest BCUT2D eigenvalue weighted by Gasteiger charge is -2.30. The SMILES string of the molecule is CCCCCCCC(C)(CCCCCC)n1cc2ccncc2n1. The van der Waals surface area contributed by atoms with Crippen LogP contribution < -0.4 is 0 Å². The average molecular weight is 330 g/mol. The van der Waals surface area contributed by atoms with Gasteiger partial charge in [-0.2, -0.15) is 5.10 Å². The summed E-state index contributed by atoms with van der Waals surface area (Å²) in [5.41, 5.74) is 1.15. The summed E-state index contributed by atoms with van der Waals surface area (Å²) in [5, 5.41) is 6.06. The molecule has 0 aromatic carbocycles. The summed E-state index contributed by atoms with van der Waals surface area (Å²) < 4.78 is 2.24. The topological polar surface area (TPSA) is 30.7 Å². The monoisotopic (exact) mass is 329 g/mol. The number of hydrogen-bond acceptors (Lipinski definition) is 2. The fraction of sp³-hybridized carbons (Fsp3) is 0.714. The Morgan fingerprint density at radius 1 is 0.917 bits per heavy atom. The van der Waals surface area contributed by atoms with Crippen molar-refractivity contribution in [2.45, 2.75) is 96.9 Å². The molecule has 2 heterocycles. The fourth-order valence-corrected chi connectivity index (χ4v) is 3.54. The van der Waals surface area contributed by atoms with Crippen LogP contribution in [-0.4, -0.2) is 14.8 Å². The molecule has 0 radical (unpaired) electrons. The second kappa shape index (κ2) is 9.80. The average Bonchev–Trinajstić information content (AvgIpc) is 3.03. The molecule has 134 valence electrons. The molecule has 3 heteroatoms. The van der Waals surface area contributed by atoms with Crippen molar-refractivity contribution in [3.8, 4) is 0 Å². The number of aromatic nitrogens is 3. The van der Waals surface area contributed by atoms with E-state index < -0.39 is 0 Å². The van der Waals surface area contributed by atoms with Crippen molar-refractivity contribution in [1.82, 2.24) is 14.8 Å². The highest BCUT2D eigenvalue weighted by molar-refractivity contribution is 5.76. The molecular formula is C21H35N3. The van der Waals surface area contributed by atoms with Gasteiger partial charge in [0.15, 0.2) is 0 Å². The number of hydrogen-bond donors (Lipinski definition) is 0. The third-order valence-corrected chi connectivity index (χ3v) is 5.25. The molecule has 0 aliphatic rings. The minimum atomic E-state index is 0.138. The zero-order valence-electron chi connectivity index (χ0n) is 15.9. The molecule has 0 aliphatic carbocycles. The third-order valence-electron chi connectivity index (χ3n) is 5.25. The molecule has 24 heavy (non-hydrogen) atoms. The predicted molar refractivity (Wildman–Crippen MR) is 103 cm³/mol. The first-order chi connectivity index (χ1) is 11.7. The molecule has 2 rings (SSSR count). The summed E-state index contributed by atoms with van der Waals surface area (Å²) in [7, 11) is 0. The van der Waals surface area contributed by atoms with E-state index in [4.69, 9.17) is 5.10 Å². The van der Waals surface area contributed by atoms with Gasteiger partial charge in [-0.1, -0.05) is 71.6 Å². The minimum Gasteiger partial charge on any atom is -0.266 e. The molecule has 0 saturated heterocycles. The summed E-state index contributed by atoms with van der Waals surface area (Å²) >= 11 is 0. The number of rotatable bonds is 12. The first-order valence-electron chi connectivity index (χ1n) is 9.99. The zero-order chi connectivity index (χ0) is 17.3. The van der Waals surface area contributed by atoms with Crippen LogP contribution in [0.5, 0.6) is 0 Å². The highest BCUT2D eigenvalue weighted by Crippen LogP contribution is 2.31. The smallest absolute Gasteiger partial charge is 0.111 e. The van der Waals surface area contributed by atoms with Gasteiger partial charge in [-0.3, -0.25) is 9.67 Å². The van der Waals surface area contributed by atoms with Crippen LogP contribution in [0.4, 0.5) is 0 Å². The van der Waals surface area contributed by atoms with Gasteiger partial charge >= 0.3 is 0 Å². The van der Waals surface area contributed by atoms with Crippen molar-refractivity contribution in [2.24, 2.45) is 0 Å². The van der Waals surface area contributed by atoms with E-state index in [1.165, 1.54) is 76.0 Å². The van der Waals surface area contributed by atoms with Crippen molar-refractivity contribution in [2.75, 3.05) is 0 Å². The van der Waals surface area contributed by atoms with Crippen molar-refractivity contribution < 1.29 is 0 Å². The Morgan fingerprint density at radius 3 is 2.17 bits per heavy atom. The molecule has 0 spiro atoms. The molecule has 3 nitrogen and oxygen atoms in total. The summed E-state index contributed by atoms with van der Waals surface area (Å²) in [6.45, 7) is 6.96. The van der Waals surface area contributed by atoms with E-state index in [1.54, 1.807) is 0 Å². The Hall–Kier alpha value is -1.38. The van der Waals surface area contributed by atoms with Crippen LogP contribution >= 0.6 is 0 Å². The molecule has 2 aromatic rings. The van der Waals surface area contributed by atoms with E-state index in [-0.39, 0.29) is 5.54 Å². The predicted octanol–water partition coefficient (Wildman–Crippen LogP) is 6.48. The van der Waals surface area contributed by atoms with Gasteiger partial charge in [-0.25, -0.2) is 0 Å². The van der Waals surface area contributed by atoms with Gasteiger partial charge in [0.25, 0.3) is 0 Å². The van der Waals surface area contributed by atoms with Crippen LogP contribution in [0.2, 0.25) is 0 Å². The van der Waals surface area contributed by atoms with Crippen molar-refractivity contribution >= 4 is 10.9 Å². The van der Waals surface area contributed by atoms with E-state index in [2.05, 4.69) is 42.7 Å². The molecule has 0 saturated carbocycles. The Balaban J connectivity index is 2.05. The maximum atomic E-state index is 4.85. The molecule has 1 unspecified atom stereocenters. The maximum Gasteiger partial charge on any atom is 0.111 e. The standard InChI is InChI=1S/C21H35N3/c1-4-6-8-10-12-15-21(3,14-11-9-7-5-2)24-18-19-13-16-22-17-20(19)23-24/h13,16-18H,4-12,14-15H2,1-3H3. The molecule has 0 bridgehead atoms. The van der Waals surface area contributed by atoms with Crippen LogP contribution in [0.15, 0.2) is 24.7 Å².